The number of nitrogens with two attached hydrogens (primary N) is 1. The van der Waals surface area contributed by atoms with Gasteiger partial charge >= 0.3 is 0 Å². The summed E-state index contributed by atoms with van der Waals surface area (Å²) in [5, 5.41) is 0. The highest BCUT2D eigenvalue weighted by atomic mass is 32.2. The van der Waals surface area contributed by atoms with Crippen LogP contribution in [0.4, 0.5) is 4.39 Å². The van der Waals surface area contributed by atoms with Crippen LogP contribution in [0.5, 0.6) is 0 Å². The maximum Gasteiger partial charge on any atom is 0.127 e. The van der Waals surface area contributed by atoms with Gasteiger partial charge in [-0.15, -0.1) is 0 Å². The first-order valence-electron chi connectivity index (χ1n) is 7.20. The maximum absolute atomic E-state index is 13.8. The van der Waals surface area contributed by atoms with E-state index in [1.807, 2.05) is 17.8 Å². The molecule has 0 heterocycles. The lowest BCUT2D eigenvalue weighted by Crippen LogP contribution is -2.39. The molecule has 0 aliphatic carbocycles. The summed E-state index contributed by atoms with van der Waals surface area (Å²) in [5.41, 5.74) is 6.85. The summed E-state index contributed by atoms with van der Waals surface area (Å²) in [6.45, 7) is 5.19. The van der Waals surface area contributed by atoms with Gasteiger partial charge in [-0.3, -0.25) is 0 Å². The number of hydrogen-bond donors (Lipinski definition) is 1. The van der Waals surface area contributed by atoms with E-state index in [9.17, 15) is 4.39 Å². The van der Waals surface area contributed by atoms with E-state index in [0.717, 1.165) is 18.7 Å². The molecule has 0 spiro atoms. The van der Waals surface area contributed by atoms with Crippen molar-refractivity contribution in [1.29, 1.82) is 0 Å². The Morgan fingerprint density at radius 1 is 1.35 bits per heavy atom. The minimum atomic E-state index is -0.259. The summed E-state index contributed by atoms with van der Waals surface area (Å²) in [6, 6.07) is 7.11. The molecule has 4 heteroatoms. The van der Waals surface area contributed by atoms with Crippen molar-refractivity contribution in [2.75, 3.05) is 25.6 Å². The molecule has 0 aromatic heterocycles. The van der Waals surface area contributed by atoms with Crippen molar-refractivity contribution in [3.05, 3.63) is 35.6 Å². The van der Waals surface area contributed by atoms with Crippen LogP contribution < -0.4 is 5.73 Å². The van der Waals surface area contributed by atoms with E-state index < -0.39 is 0 Å². The molecule has 3 atom stereocenters. The van der Waals surface area contributed by atoms with Crippen molar-refractivity contribution in [1.82, 2.24) is 4.90 Å². The van der Waals surface area contributed by atoms with E-state index in [1.54, 1.807) is 12.1 Å². The molecule has 0 amide bonds. The SMILES string of the molecule is CCC(CSC)N(C)CC(C)C(N)c1ccccc1F. The Kier molecular flexibility index (Phi) is 7.56. The molecule has 1 rings (SSSR count). The molecule has 20 heavy (non-hydrogen) atoms. The highest BCUT2D eigenvalue weighted by Crippen LogP contribution is 2.23. The van der Waals surface area contributed by atoms with E-state index in [-0.39, 0.29) is 17.8 Å². The van der Waals surface area contributed by atoms with Crippen molar-refractivity contribution in [3.63, 3.8) is 0 Å². The minimum Gasteiger partial charge on any atom is -0.324 e. The van der Waals surface area contributed by atoms with Crippen LogP contribution in [-0.4, -0.2) is 36.5 Å². The third kappa shape index (κ3) is 4.76. The fourth-order valence-electron chi connectivity index (χ4n) is 2.52. The molecule has 1 aromatic carbocycles. The van der Waals surface area contributed by atoms with E-state index in [2.05, 4.69) is 32.1 Å². The Morgan fingerprint density at radius 3 is 2.55 bits per heavy atom. The van der Waals surface area contributed by atoms with Gasteiger partial charge in [-0.25, -0.2) is 4.39 Å². The fraction of sp³-hybridized carbons (Fsp3) is 0.625. The summed E-state index contributed by atoms with van der Waals surface area (Å²) in [7, 11) is 2.13. The third-order valence-corrected chi connectivity index (χ3v) is 4.63. The van der Waals surface area contributed by atoms with Crippen LogP contribution in [0, 0.1) is 11.7 Å². The van der Waals surface area contributed by atoms with Crippen molar-refractivity contribution in [2.24, 2.45) is 11.7 Å². The van der Waals surface area contributed by atoms with Gasteiger partial charge in [-0.05, 0) is 31.7 Å². The first-order valence-corrected chi connectivity index (χ1v) is 8.59. The quantitative estimate of drug-likeness (QED) is 0.796. The monoisotopic (exact) mass is 298 g/mol. The third-order valence-electron chi connectivity index (χ3n) is 3.91. The zero-order valence-corrected chi connectivity index (χ0v) is 13.8. The predicted octanol–water partition coefficient (Wildman–Crippen LogP) is 3.54. The summed E-state index contributed by atoms with van der Waals surface area (Å²) >= 11 is 1.86. The highest BCUT2D eigenvalue weighted by molar-refractivity contribution is 7.98. The predicted molar refractivity (Wildman–Crippen MR) is 87.6 cm³/mol. The Balaban J connectivity index is 2.66. The van der Waals surface area contributed by atoms with Crippen LogP contribution in [0.25, 0.3) is 0 Å². The van der Waals surface area contributed by atoms with E-state index in [0.29, 0.717) is 11.6 Å². The van der Waals surface area contributed by atoms with Gasteiger partial charge in [-0.1, -0.05) is 32.0 Å². The summed E-state index contributed by atoms with van der Waals surface area (Å²) in [5.74, 6) is 1.13. The topological polar surface area (TPSA) is 29.3 Å². The molecule has 0 bridgehead atoms. The zero-order chi connectivity index (χ0) is 15.1. The van der Waals surface area contributed by atoms with Crippen molar-refractivity contribution in [3.8, 4) is 0 Å². The summed E-state index contributed by atoms with van der Waals surface area (Å²) < 4.78 is 13.8. The van der Waals surface area contributed by atoms with Crippen molar-refractivity contribution >= 4 is 11.8 Å². The lowest BCUT2D eigenvalue weighted by molar-refractivity contribution is 0.208. The molecule has 0 saturated carbocycles. The number of benzene rings is 1. The normalized spacial score (nSPS) is 16.1. The zero-order valence-electron chi connectivity index (χ0n) is 13.0. The van der Waals surface area contributed by atoms with Gasteiger partial charge in [0, 0.05) is 29.9 Å². The average molecular weight is 298 g/mol. The second-order valence-corrected chi connectivity index (χ2v) is 6.39. The largest absolute Gasteiger partial charge is 0.324 e. The van der Waals surface area contributed by atoms with E-state index >= 15 is 0 Å². The van der Waals surface area contributed by atoms with Gasteiger partial charge in [0.05, 0.1) is 0 Å². The molecule has 0 fully saturated rings. The van der Waals surface area contributed by atoms with Gasteiger partial charge in [0.2, 0.25) is 0 Å². The van der Waals surface area contributed by atoms with Gasteiger partial charge in [-0.2, -0.15) is 11.8 Å². The molecule has 0 radical (unpaired) electrons. The fourth-order valence-corrected chi connectivity index (χ4v) is 3.39. The van der Waals surface area contributed by atoms with E-state index in [4.69, 9.17) is 5.73 Å². The van der Waals surface area contributed by atoms with Gasteiger partial charge in [0.25, 0.3) is 0 Å². The van der Waals surface area contributed by atoms with Gasteiger partial charge < -0.3 is 10.6 Å². The molecule has 2 nitrogen and oxygen atoms in total. The van der Waals surface area contributed by atoms with Gasteiger partial charge in [0.1, 0.15) is 5.82 Å². The van der Waals surface area contributed by atoms with Crippen LogP contribution >= 0.6 is 11.8 Å². The number of thioether (sulfide) groups is 1. The van der Waals surface area contributed by atoms with Crippen LogP contribution in [-0.2, 0) is 0 Å². The van der Waals surface area contributed by atoms with E-state index in [1.165, 1.54) is 6.07 Å². The first kappa shape index (κ1) is 17.5. The molecular formula is C16H27FN2S. The smallest absolute Gasteiger partial charge is 0.127 e. The Morgan fingerprint density at radius 2 is 2.00 bits per heavy atom. The Bertz CT molecular complexity index is 400. The molecule has 0 saturated heterocycles. The molecule has 114 valence electrons. The van der Waals surface area contributed by atoms with Crippen LogP contribution in [0.15, 0.2) is 24.3 Å². The van der Waals surface area contributed by atoms with Gasteiger partial charge in [0.15, 0.2) is 0 Å². The van der Waals surface area contributed by atoms with Crippen molar-refractivity contribution in [2.45, 2.75) is 32.4 Å². The molecular weight excluding hydrogens is 271 g/mol. The molecule has 2 N–H and O–H groups in total. The number of halogens is 1. The van der Waals surface area contributed by atoms with Crippen LogP contribution in [0.2, 0.25) is 0 Å². The Labute approximate surface area is 126 Å². The lowest BCUT2D eigenvalue weighted by atomic mass is 9.94. The second kappa shape index (κ2) is 8.65. The minimum absolute atomic E-state index is 0.203. The van der Waals surface area contributed by atoms with Crippen LogP contribution in [0.1, 0.15) is 31.9 Å². The number of rotatable bonds is 8. The Hall–Kier alpha value is -0.580. The molecule has 0 aliphatic rings. The average Bonchev–Trinajstić information content (AvgIpc) is 2.44. The molecule has 1 aromatic rings. The standard InChI is InChI=1S/C16H27FN2S/c1-5-13(11-20-4)19(3)10-12(2)16(18)14-8-6-7-9-15(14)17/h6-9,12-13,16H,5,10-11,18H2,1-4H3. The molecule has 3 unspecified atom stereocenters. The summed E-state index contributed by atoms with van der Waals surface area (Å²) in [4.78, 5) is 2.35. The van der Waals surface area contributed by atoms with Crippen molar-refractivity contribution < 1.29 is 4.39 Å². The second-order valence-electron chi connectivity index (χ2n) is 5.48. The first-order chi connectivity index (χ1) is 9.51. The number of nitrogens with zero attached hydrogens (tertiary/aromatic N) is 1. The lowest BCUT2D eigenvalue weighted by Gasteiger charge is -2.31. The number of hydrogen-bond acceptors (Lipinski definition) is 3. The maximum atomic E-state index is 13.8. The van der Waals surface area contributed by atoms with Crippen LogP contribution in [0.3, 0.4) is 0 Å². The highest BCUT2D eigenvalue weighted by Gasteiger charge is 2.21. The molecule has 0 aliphatic heterocycles. The summed E-state index contributed by atoms with van der Waals surface area (Å²) in [6.07, 6.45) is 3.25.